The molecule has 0 bridgehead atoms. The van der Waals surface area contributed by atoms with E-state index in [0.29, 0.717) is 11.7 Å². The normalized spacial score (nSPS) is 23.6. The first kappa shape index (κ1) is 11.7. The van der Waals surface area contributed by atoms with E-state index in [2.05, 4.69) is 29.8 Å². The van der Waals surface area contributed by atoms with Gasteiger partial charge in [-0.05, 0) is 40.3 Å². The van der Waals surface area contributed by atoms with Crippen molar-refractivity contribution in [2.75, 3.05) is 0 Å². The summed E-state index contributed by atoms with van der Waals surface area (Å²) in [7, 11) is 0. The Morgan fingerprint density at radius 1 is 1.62 bits per heavy atom. The van der Waals surface area contributed by atoms with Gasteiger partial charge in [0, 0.05) is 16.7 Å². The third kappa shape index (κ3) is 1.90. The third-order valence-electron chi connectivity index (χ3n) is 3.57. The van der Waals surface area contributed by atoms with Crippen LogP contribution in [-0.4, -0.2) is 15.6 Å². The van der Waals surface area contributed by atoms with E-state index in [1.54, 1.807) is 6.07 Å². The molecule has 1 aliphatic carbocycles. The average molecular weight is 286 g/mol. The molecule has 0 radical (unpaired) electrons. The van der Waals surface area contributed by atoms with Gasteiger partial charge in [-0.3, -0.25) is 0 Å². The average Bonchev–Trinajstić information content (AvgIpc) is 2.68. The SMILES string of the molecule is CC1(C)CCCC1n1cc(Br)cc1C(=O)O. The van der Waals surface area contributed by atoms with E-state index in [9.17, 15) is 4.79 Å². The van der Waals surface area contributed by atoms with Crippen molar-refractivity contribution >= 4 is 21.9 Å². The lowest BCUT2D eigenvalue weighted by Crippen LogP contribution is -2.23. The fraction of sp³-hybridized carbons (Fsp3) is 0.583. The maximum Gasteiger partial charge on any atom is 0.352 e. The molecule has 4 heteroatoms. The predicted octanol–water partition coefficient (Wildman–Crippen LogP) is 3.70. The van der Waals surface area contributed by atoms with Gasteiger partial charge in [0.15, 0.2) is 0 Å². The van der Waals surface area contributed by atoms with E-state index in [1.165, 1.54) is 6.42 Å². The quantitative estimate of drug-likeness (QED) is 0.900. The third-order valence-corrected chi connectivity index (χ3v) is 4.00. The molecular formula is C12H16BrNO2. The van der Waals surface area contributed by atoms with Crippen LogP contribution in [0.25, 0.3) is 0 Å². The van der Waals surface area contributed by atoms with Crippen molar-refractivity contribution in [3.63, 3.8) is 0 Å². The molecule has 88 valence electrons. The Hall–Kier alpha value is -0.770. The van der Waals surface area contributed by atoms with E-state index in [1.807, 2.05) is 10.8 Å². The Balaban J connectivity index is 2.43. The molecule has 1 aliphatic rings. The molecule has 0 aliphatic heterocycles. The first-order chi connectivity index (χ1) is 7.42. The monoisotopic (exact) mass is 285 g/mol. The van der Waals surface area contributed by atoms with Crippen LogP contribution in [0, 0.1) is 5.41 Å². The summed E-state index contributed by atoms with van der Waals surface area (Å²) >= 11 is 3.35. The van der Waals surface area contributed by atoms with Crippen LogP contribution < -0.4 is 0 Å². The van der Waals surface area contributed by atoms with E-state index < -0.39 is 5.97 Å². The molecule has 2 rings (SSSR count). The number of aromatic nitrogens is 1. The Morgan fingerprint density at radius 3 is 2.81 bits per heavy atom. The lowest BCUT2D eigenvalue weighted by Gasteiger charge is -2.29. The van der Waals surface area contributed by atoms with Crippen LogP contribution in [-0.2, 0) is 0 Å². The number of hydrogen-bond acceptors (Lipinski definition) is 1. The molecule has 3 nitrogen and oxygen atoms in total. The summed E-state index contributed by atoms with van der Waals surface area (Å²) in [5.74, 6) is -0.853. The van der Waals surface area contributed by atoms with Gasteiger partial charge in [0.25, 0.3) is 0 Å². The van der Waals surface area contributed by atoms with Crippen LogP contribution >= 0.6 is 15.9 Å². The summed E-state index contributed by atoms with van der Waals surface area (Å²) in [5, 5.41) is 9.17. The summed E-state index contributed by atoms with van der Waals surface area (Å²) in [6.07, 6.45) is 5.29. The van der Waals surface area contributed by atoms with Crippen LogP contribution in [0.5, 0.6) is 0 Å². The Kier molecular flexibility index (Phi) is 2.86. The van der Waals surface area contributed by atoms with Crippen LogP contribution in [0.3, 0.4) is 0 Å². The maximum atomic E-state index is 11.2. The van der Waals surface area contributed by atoms with E-state index in [4.69, 9.17) is 5.11 Å². The van der Waals surface area contributed by atoms with Crippen LogP contribution in [0.15, 0.2) is 16.7 Å². The second-order valence-corrected chi connectivity index (χ2v) is 6.07. The molecule has 16 heavy (non-hydrogen) atoms. The first-order valence-corrected chi connectivity index (χ1v) is 6.32. The second kappa shape index (κ2) is 3.91. The van der Waals surface area contributed by atoms with Gasteiger partial charge in [0.1, 0.15) is 5.69 Å². The Morgan fingerprint density at radius 2 is 2.31 bits per heavy atom. The predicted molar refractivity (Wildman–Crippen MR) is 65.8 cm³/mol. The number of carboxylic acids is 1. The van der Waals surface area contributed by atoms with Crippen LogP contribution in [0.4, 0.5) is 0 Å². The maximum absolute atomic E-state index is 11.2. The largest absolute Gasteiger partial charge is 0.477 e. The summed E-state index contributed by atoms with van der Waals surface area (Å²) < 4.78 is 2.76. The Labute approximate surface area is 104 Å². The Bertz CT molecular complexity index is 423. The summed E-state index contributed by atoms with van der Waals surface area (Å²) in [4.78, 5) is 11.2. The van der Waals surface area contributed by atoms with Gasteiger partial charge in [-0.25, -0.2) is 4.79 Å². The molecule has 1 fully saturated rings. The molecule has 1 aromatic rings. The van der Waals surface area contributed by atoms with E-state index >= 15 is 0 Å². The highest BCUT2D eigenvalue weighted by Gasteiger charge is 2.37. The number of halogens is 1. The van der Waals surface area contributed by atoms with Gasteiger partial charge in [-0.1, -0.05) is 20.3 Å². The fourth-order valence-corrected chi connectivity index (χ4v) is 3.14. The molecule has 1 heterocycles. The smallest absolute Gasteiger partial charge is 0.352 e. The molecule has 1 aromatic heterocycles. The van der Waals surface area contributed by atoms with Crippen LogP contribution in [0.1, 0.15) is 49.6 Å². The molecule has 0 amide bonds. The van der Waals surface area contributed by atoms with Gasteiger partial charge in [0.2, 0.25) is 0 Å². The molecule has 1 N–H and O–H groups in total. The van der Waals surface area contributed by atoms with Crippen molar-refractivity contribution in [3.8, 4) is 0 Å². The van der Waals surface area contributed by atoms with E-state index in [0.717, 1.165) is 17.3 Å². The van der Waals surface area contributed by atoms with Crippen molar-refractivity contribution in [1.29, 1.82) is 0 Å². The molecule has 1 saturated carbocycles. The van der Waals surface area contributed by atoms with E-state index in [-0.39, 0.29) is 5.41 Å². The number of rotatable bonds is 2. The summed E-state index contributed by atoms with van der Waals surface area (Å²) in [6.45, 7) is 4.43. The van der Waals surface area contributed by atoms with Gasteiger partial charge >= 0.3 is 5.97 Å². The van der Waals surface area contributed by atoms with Crippen molar-refractivity contribution in [1.82, 2.24) is 4.57 Å². The highest BCUT2D eigenvalue weighted by molar-refractivity contribution is 9.10. The molecule has 0 spiro atoms. The molecule has 1 atom stereocenters. The first-order valence-electron chi connectivity index (χ1n) is 5.52. The minimum absolute atomic E-state index is 0.183. The van der Waals surface area contributed by atoms with Crippen molar-refractivity contribution < 1.29 is 9.90 Å². The summed E-state index contributed by atoms with van der Waals surface area (Å²) in [6, 6.07) is 1.97. The highest BCUT2D eigenvalue weighted by atomic mass is 79.9. The lowest BCUT2D eigenvalue weighted by atomic mass is 9.87. The summed E-state index contributed by atoms with van der Waals surface area (Å²) in [5.41, 5.74) is 0.565. The van der Waals surface area contributed by atoms with Gasteiger partial charge in [0.05, 0.1) is 0 Å². The molecule has 0 saturated heterocycles. The van der Waals surface area contributed by atoms with Crippen molar-refractivity contribution in [3.05, 3.63) is 22.4 Å². The number of carbonyl (C=O) groups is 1. The zero-order chi connectivity index (χ0) is 11.9. The van der Waals surface area contributed by atoms with Crippen molar-refractivity contribution in [2.24, 2.45) is 5.41 Å². The standard InChI is InChI=1S/C12H16BrNO2/c1-12(2)5-3-4-10(12)14-7-8(13)6-9(14)11(15)16/h6-7,10H,3-5H2,1-2H3,(H,15,16). The minimum atomic E-state index is -0.853. The number of aromatic carboxylic acids is 1. The molecule has 0 aromatic carbocycles. The lowest BCUT2D eigenvalue weighted by molar-refractivity contribution is 0.0678. The minimum Gasteiger partial charge on any atom is -0.477 e. The number of nitrogens with zero attached hydrogens (tertiary/aromatic N) is 1. The fourth-order valence-electron chi connectivity index (χ4n) is 2.70. The topological polar surface area (TPSA) is 42.2 Å². The van der Waals surface area contributed by atoms with Gasteiger partial charge < -0.3 is 9.67 Å². The van der Waals surface area contributed by atoms with Gasteiger partial charge in [-0.15, -0.1) is 0 Å². The number of hydrogen-bond donors (Lipinski definition) is 1. The number of carboxylic acid groups (broad SMARTS) is 1. The molecular weight excluding hydrogens is 270 g/mol. The zero-order valence-corrected chi connectivity index (χ0v) is 11.1. The van der Waals surface area contributed by atoms with Crippen molar-refractivity contribution in [2.45, 2.75) is 39.2 Å². The zero-order valence-electron chi connectivity index (χ0n) is 9.53. The molecule has 1 unspecified atom stereocenters. The highest BCUT2D eigenvalue weighted by Crippen LogP contribution is 2.46. The van der Waals surface area contributed by atoms with Gasteiger partial charge in [-0.2, -0.15) is 0 Å². The van der Waals surface area contributed by atoms with Crippen LogP contribution in [0.2, 0.25) is 0 Å². The second-order valence-electron chi connectivity index (χ2n) is 5.15.